The molecule has 1 aromatic rings. The van der Waals surface area contributed by atoms with Crippen molar-refractivity contribution in [1.29, 1.82) is 0 Å². The first-order valence-corrected chi connectivity index (χ1v) is 12.7. The van der Waals surface area contributed by atoms with Crippen molar-refractivity contribution in [2.75, 3.05) is 0 Å². The molecular weight excluding hydrogens is 310 g/mol. The summed E-state index contributed by atoms with van der Waals surface area (Å²) in [5.41, 5.74) is 1.06. The molecule has 2 nitrogen and oxygen atoms in total. The van der Waals surface area contributed by atoms with Crippen LogP contribution in [0, 0.1) is 13.0 Å². The molecule has 70 valence electrons. The molecule has 0 amide bonds. The SMILES string of the molecule is Cc1c[c-]cc[c]1[Sn]([CH3])([CH3])[C](=O)O.[K+]. The zero-order chi connectivity index (χ0) is 10.1. The van der Waals surface area contributed by atoms with Crippen LogP contribution in [0.5, 0.6) is 0 Å². The monoisotopic (exact) mass is 324 g/mol. The van der Waals surface area contributed by atoms with Crippen LogP contribution in [0.25, 0.3) is 0 Å². The minimum absolute atomic E-state index is 0. The van der Waals surface area contributed by atoms with E-state index in [9.17, 15) is 4.79 Å². The van der Waals surface area contributed by atoms with Gasteiger partial charge in [0.15, 0.2) is 0 Å². The molecule has 0 unspecified atom stereocenters. The van der Waals surface area contributed by atoms with E-state index < -0.39 is 22.4 Å². The van der Waals surface area contributed by atoms with Crippen LogP contribution in [0.3, 0.4) is 0 Å². The number of carbonyl (C=O) groups is 1. The Balaban J connectivity index is 0.00000169. The first kappa shape index (κ1) is 15.1. The van der Waals surface area contributed by atoms with Crippen LogP contribution in [0.4, 0.5) is 4.79 Å². The summed E-state index contributed by atoms with van der Waals surface area (Å²) in [6, 6.07) is 8.51. The van der Waals surface area contributed by atoms with Gasteiger partial charge < -0.3 is 0 Å². The van der Waals surface area contributed by atoms with Crippen molar-refractivity contribution in [2.45, 2.75) is 16.8 Å². The smallest absolute Gasteiger partial charge is 1.00 e. The topological polar surface area (TPSA) is 37.3 Å². The maximum absolute atomic E-state index is 11.1. The van der Waals surface area contributed by atoms with Gasteiger partial charge in [0.25, 0.3) is 0 Å². The van der Waals surface area contributed by atoms with E-state index in [1.807, 2.05) is 28.9 Å². The molecule has 0 aromatic heterocycles. The van der Waals surface area contributed by atoms with E-state index in [-0.39, 0.29) is 51.4 Å². The molecule has 1 rings (SSSR count). The minimum atomic E-state index is -3.06. The Morgan fingerprint density at radius 2 is 2.07 bits per heavy atom. The second kappa shape index (κ2) is 6.01. The fraction of sp³-hybridized carbons (Fsp3) is 0.300. The van der Waals surface area contributed by atoms with Gasteiger partial charge in [-0.05, 0) is 0 Å². The van der Waals surface area contributed by atoms with Crippen LogP contribution >= 0.6 is 0 Å². The average Bonchev–Trinajstić information content (AvgIpc) is 2.04. The standard InChI is InChI=1S/C7H6.CHO2.2CH3.K.Sn/c1-7-5-3-2-4-6-7;2-1-3;;;;/h2-3,6H,1H3;(H,2,3);2*1H3;;/q-1;;;;+1;. The van der Waals surface area contributed by atoms with Gasteiger partial charge >= 0.3 is 134 Å². The maximum atomic E-state index is 11.1. The third-order valence-corrected chi connectivity index (χ3v) is 10.8. The van der Waals surface area contributed by atoms with E-state index in [0.717, 1.165) is 9.14 Å². The van der Waals surface area contributed by atoms with E-state index in [4.69, 9.17) is 5.11 Å². The molecule has 0 heterocycles. The zero-order valence-corrected chi connectivity index (χ0v) is 15.1. The van der Waals surface area contributed by atoms with Crippen molar-refractivity contribution in [3.8, 4) is 0 Å². The van der Waals surface area contributed by atoms with Crippen molar-refractivity contribution < 1.29 is 61.3 Å². The molecule has 0 saturated carbocycles. The summed E-state index contributed by atoms with van der Waals surface area (Å²) >= 11 is -3.06. The molecule has 14 heavy (non-hydrogen) atoms. The first-order chi connectivity index (χ1) is 5.96. The van der Waals surface area contributed by atoms with Crippen molar-refractivity contribution >= 4 is 25.9 Å². The fourth-order valence-electron chi connectivity index (χ4n) is 1.33. The molecular formula is C10H13KO2Sn. The van der Waals surface area contributed by atoms with Crippen LogP contribution in [-0.2, 0) is 0 Å². The number of hydrogen-bond acceptors (Lipinski definition) is 1. The van der Waals surface area contributed by atoms with Crippen LogP contribution in [0.1, 0.15) is 5.56 Å². The molecule has 0 aliphatic rings. The van der Waals surface area contributed by atoms with Crippen LogP contribution in [0.2, 0.25) is 9.88 Å². The Morgan fingerprint density at radius 3 is 2.50 bits per heavy atom. The second-order valence-corrected chi connectivity index (χ2v) is 15.7. The second-order valence-electron chi connectivity index (χ2n) is 3.67. The van der Waals surface area contributed by atoms with Crippen LogP contribution < -0.4 is 55.0 Å². The minimum Gasteiger partial charge on any atom is 1.00 e. The number of benzene rings is 1. The number of aryl methyl sites for hydroxylation is 1. The van der Waals surface area contributed by atoms with Crippen molar-refractivity contribution in [3.63, 3.8) is 0 Å². The van der Waals surface area contributed by atoms with Gasteiger partial charge in [0.2, 0.25) is 0 Å². The summed E-state index contributed by atoms with van der Waals surface area (Å²) in [6.45, 7) is 1.95. The summed E-state index contributed by atoms with van der Waals surface area (Å²) in [6.07, 6.45) is 0. The van der Waals surface area contributed by atoms with Crippen molar-refractivity contribution in [1.82, 2.24) is 0 Å². The van der Waals surface area contributed by atoms with E-state index in [1.54, 1.807) is 6.07 Å². The van der Waals surface area contributed by atoms with Crippen LogP contribution in [-0.4, -0.2) is 27.5 Å². The summed E-state index contributed by atoms with van der Waals surface area (Å²) in [5.74, 6) is 0. The zero-order valence-electron chi connectivity index (χ0n) is 9.09. The molecule has 0 radical (unpaired) electrons. The number of carboxylic acid groups (broad SMARTS) is 1. The summed E-state index contributed by atoms with van der Waals surface area (Å²) in [5, 5.41) is 9.10. The number of hydrogen-bond donors (Lipinski definition) is 1. The van der Waals surface area contributed by atoms with Gasteiger partial charge in [-0.15, -0.1) is 0 Å². The molecule has 4 heteroatoms. The third-order valence-electron chi connectivity index (χ3n) is 2.28. The first-order valence-electron chi connectivity index (χ1n) is 4.17. The van der Waals surface area contributed by atoms with Gasteiger partial charge in [-0.25, -0.2) is 0 Å². The molecule has 0 saturated heterocycles. The molecule has 0 bridgehead atoms. The van der Waals surface area contributed by atoms with Gasteiger partial charge in [-0.2, -0.15) is 0 Å². The summed E-state index contributed by atoms with van der Waals surface area (Å²) in [7, 11) is 0. The van der Waals surface area contributed by atoms with E-state index in [1.165, 1.54) is 0 Å². The van der Waals surface area contributed by atoms with Gasteiger partial charge in [0.05, 0.1) is 0 Å². The normalized spacial score (nSPS) is 10.5. The summed E-state index contributed by atoms with van der Waals surface area (Å²) in [4.78, 5) is 14.9. The molecule has 1 aromatic carbocycles. The van der Waals surface area contributed by atoms with Gasteiger partial charge in [0.1, 0.15) is 0 Å². The van der Waals surface area contributed by atoms with E-state index in [2.05, 4.69) is 6.07 Å². The van der Waals surface area contributed by atoms with Gasteiger partial charge in [0, 0.05) is 0 Å². The Morgan fingerprint density at radius 1 is 1.50 bits per heavy atom. The average molecular weight is 323 g/mol. The van der Waals surface area contributed by atoms with Gasteiger partial charge in [-0.1, -0.05) is 0 Å². The largest absolute Gasteiger partial charge is 1.00 e. The molecule has 0 aliphatic heterocycles. The van der Waals surface area contributed by atoms with Crippen LogP contribution in [0.15, 0.2) is 18.2 Å². The van der Waals surface area contributed by atoms with Crippen molar-refractivity contribution in [3.05, 3.63) is 29.8 Å². The Hall–Kier alpha value is 1.13. The Kier molecular flexibility index (Phi) is 6.49. The molecule has 0 spiro atoms. The number of rotatable bonds is 2. The maximum Gasteiger partial charge on any atom is 1.00 e. The Bertz CT molecular complexity index is 337. The molecule has 1 N–H and O–H groups in total. The molecule has 0 atom stereocenters. The van der Waals surface area contributed by atoms with E-state index >= 15 is 0 Å². The Labute approximate surface area is 131 Å². The predicted octanol–water partition coefficient (Wildman–Crippen LogP) is -1.03. The quantitative estimate of drug-likeness (QED) is 0.559. The predicted molar refractivity (Wildman–Crippen MR) is 55.2 cm³/mol. The third kappa shape index (κ3) is 3.32. The van der Waals surface area contributed by atoms with E-state index in [0.29, 0.717) is 0 Å². The molecule has 0 aliphatic carbocycles. The fourth-order valence-corrected chi connectivity index (χ4v) is 6.43. The summed E-state index contributed by atoms with van der Waals surface area (Å²) < 4.78 is 0.462. The van der Waals surface area contributed by atoms with Crippen molar-refractivity contribution in [2.24, 2.45) is 0 Å². The molecule has 0 fully saturated rings. The van der Waals surface area contributed by atoms with Gasteiger partial charge in [-0.3, -0.25) is 0 Å².